The van der Waals surface area contributed by atoms with Gasteiger partial charge in [0.15, 0.2) is 0 Å². The van der Waals surface area contributed by atoms with E-state index in [0.717, 1.165) is 25.1 Å². The maximum absolute atomic E-state index is 13.1. The second-order valence-corrected chi connectivity index (χ2v) is 7.79. The first-order valence-corrected chi connectivity index (χ1v) is 10.4. The first-order chi connectivity index (χ1) is 15.4. The van der Waals surface area contributed by atoms with Gasteiger partial charge in [0.25, 0.3) is 0 Å². The highest BCUT2D eigenvalue weighted by atomic mass is 19.1. The summed E-state index contributed by atoms with van der Waals surface area (Å²) in [5.74, 6) is 0.932. The summed E-state index contributed by atoms with van der Waals surface area (Å²) < 4.78 is 13.1. The molecular formula is C22H25FN8O. The molecule has 1 saturated heterocycles. The van der Waals surface area contributed by atoms with Crippen LogP contribution in [0.4, 0.5) is 27.8 Å². The third-order valence-electron chi connectivity index (χ3n) is 5.18. The molecule has 9 nitrogen and oxygen atoms in total. The van der Waals surface area contributed by atoms with Crippen molar-refractivity contribution in [2.75, 3.05) is 29.5 Å². The Morgan fingerprint density at radius 1 is 1.16 bits per heavy atom. The van der Waals surface area contributed by atoms with Crippen molar-refractivity contribution < 1.29 is 9.18 Å². The molecule has 0 aliphatic carbocycles. The number of nitrogens with zero attached hydrogens (tertiary/aromatic N) is 5. The Labute approximate surface area is 185 Å². The molecule has 4 rings (SSSR count). The minimum Gasteiger partial charge on any atom is -0.368 e. The molecule has 4 N–H and O–H groups in total. The zero-order valence-corrected chi connectivity index (χ0v) is 17.8. The van der Waals surface area contributed by atoms with Crippen molar-refractivity contribution in [3.63, 3.8) is 0 Å². The average molecular weight is 436 g/mol. The number of pyridine rings is 1. The molecule has 1 atom stereocenters. The van der Waals surface area contributed by atoms with Crippen LogP contribution in [0.2, 0.25) is 0 Å². The normalized spacial score (nSPS) is 16.5. The number of rotatable bonds is 6. The van der Waals surface area contributed by atoms with Crippen LogP contribution in [-0.2, 0) is 11.3 Å². The molecule has 10 heteroatoms. The van der Waals surface area contributed by atoms with E-state index in [1.165, 1.54) is 12.1 Å². The van der Waals surface area contributed by atoms with Gasteiger partial charge >= 0.3 is 0 Å². The number of nitrogens with one attached hydrogen (secondary N) is 2. The number of aryl methyl sites for hydroxylation is 1. The lowest BCUT2D eigenvalue weighted by molar-refractivity contribution is -0.121. The van der Waals surface area contributed by atoms with Crippen LogP contribution < -0.4 is 16.4 Å². The smallest absolute Gasteiger partial charge is 0.232 e. The van der Waals surface area contributed by atoms with Gasteiger partial charge in [-0.3, -0.25) is 9.69 Å². The molecule has 0 radical (unpaired) electrons. The van der Waals surface area contributed by atoms with Gasteiger partial charge in [-0.15, -0.1) is 0 Å². The molecule has 3 aromatic rings. The molecule has 0 saturated carbocycles. The summed E-state index contributed by atoms with van der Waals surface area (Å²) in [5, 5.41) is 5.92. The maximum atomic E-state index is 13.1. The van der Waals surface area contributed by atoms with Crippen LogP contribution in [0.15, 0.2) is 42.5 Å². The van der Waals surface area contributed by atoms with Gasteiger partial charge in [0.2, 0.25) is 17.8 Å². The third-order valence-corrected chi connectivity index (χ3v) is 5.18. The van der Waals surface area contributed by atoms with Crippen LogP contribution in [0.25, 0.3) is 0 Å². The summed E-state index contributed by atoms with van der Waals surface area (Å²) in [4.78, 5) is 32.0. The summed E-state index contributed by atoms with van der Waals surface area (Å²) in [6, 6.07) is 11.4. The highest BCUT2D eigenvalue weighted by Gasteiger charge is 2.26. The molecule has 1 aliphatic rings. The Kier molecular flexibility index (Phi) is 6.50. The Hall–Kier alpha value is -3.66. The molecular weight excluding hydrogens is 411 g/mol. The lowest BCUT2D eigenvalue weighted by Gasteiger charge is -2.31. The monoisotopic (exact) mass is 436 g/mol. The van der Waals surface area contributed by atoms with Gasteiger partial charge in [-0.05, 0) is 62.7 Å². The summed E-state index contributed by atoms with van der Waals surface area (Å²) in [6.45, 7) is 3.75. The van der Waals surface area contributed by atoms with Crippen LogP contribution in [0, 0.1) is 18.7 Å². The van der Waals surface area contributed by atoms with Gasteiger partial charge in [-0.1, -0.05) is 6.07 Å². The number of nitrogen functional groups attached to an aromatic ring is 1. The maximum Gasteiger partial charge on any atom is 0.232 e. The molecule has 0 bridgehead atoms. The first-order valence-electron chi connectivity index (χ1n) is 10.4. The molecule has 1 amide bonds. The fourth-order valence-corrected chi connectivity index (χ4v) is 3.68. The number of anilines is 4. The van der Waals surface area contributed by atoms with E-state index < -0.39 is 0 Å². The van der Waals surface area contributed by atoms with Crippen molar-refractivity contribution in [3.05, 3.63) is 59.8 Å². The van der Waals surface area contributed by atoms with E-state index in [0.29, 0.717) is 30.4 Å². The molecule has 2 aromatic heterocycles. The van der Waals surface area contributed by atoms with Gasteiger partial charge in [0, 0.05) is 17.9 Å². The summed E-state index contributed by atoms with van der Waals surface area (Å²) in [6.07, 6.45) is 1.70. The van der Waals surface area contributed by atoms with Crippen molar-refractivity contribution in [1.29, 1.82) is 0 Å². The number of nitrogens with two attached hydrogens (primary N) is 1. The standard InChI is InChI=1S/C22H25FN8O/c1-14-4-2-6-18(25-14)27-20(32)15-5-3-11-31(12-15)13-19-28-21(24)30-22(29-19)26-17-9-7-16(23)8-10-17/h2,4,6-10,15H,3,5,11-13H2,1H3,(H,25,27,32)(H3,24,26,28,29,30). The molecule has 32 heavy (non-hydrogen) atoms. The number of aromatic nitrogens is 4. The van der Waals surface area contributed by atoms with E-state index >= 15 is 0 Å². The van der Waals surface area contributed by atoms with Crippen molar-refractivity contribution in [3.8, 4) is 0 Å². The topological polar surface area (TPSA) is 122 Å². The van der Waals surface area contributed by atoms with E-state index in [-0.39, 0.29) is 29.5 Å². The zero-order valence-electron chi connectivity index (χ0n) is 17.8. The predicted octanol–water partition coefficient (Wildman–Crippen LogP) is 2.89. The van der Waals surface area contributed by atoms with E-state index in [9.17, 15) is 9.18 Å². The number of hydrogen-bond acceptors (Lipinski definition) is 8. The number of benzene rings is 1. The lowest BCUT2D eigenvalue weighted by Crippen LogP contribution is -2.40. The highest BCUT2D eigenvalue weighted by molar-refractivity contribution is 5.91. The fourth-order valence-electron chi connectivity index (χ4n) is 3.68. The second-order valence-electron chi connectivity index (χ2n) is 7.79. The minimum atomic E-state index is -0.326. The minimum absolute atomic E-state index is 0.0402. The molecule has 0 spiro atoms. The number of carbonyl (C=O) groups is 1. The Morgan fingerprint density at radius 2 is 1.97 bits per heavy atom. The van der Waals surface area contributed by atoms with Gasteiger partial charge in [-0.2, -0.15) is 15.0 Å². The molecule has 3 heterocycles. The zero-order chi connectivity index (χ0) is 22.5. The van der Waals surface area contributed by atoms with Crippen molar-refractivity contribution >= 4 is 29.3 Å². The van der Waals surface area contributed by atoms with Crippen LogP contribution in [0.5, 0.6) is 0 Å². The largest absolute Gasteiger partial charge is 0.368 e. The quantitative estimate of drug-likeness (QED) is 0.539. The molecule has 1 aromatic carbocycles. The van der Waals surface area contributed by atoms with E-state index in [1.807, 2.05) is 19.1 Å². The Balaban J connectivity index is 1.39. The lowest BCUT2D eigenvalue weighted by atomic mass is 9.97. The van der Waals surface area contributed by atoms with Crippen molar-refractivity contribution in [2.45, 2.75) is 26.3 Å². The van der Waals surface area contributed by atoms with E-state index in [4.69, 9.17) is 5.73 Å². The first kappa shape index (κ1) is 21.6. The number of likely N-dealkylation sites (tertiary alicyclic amines) is 1. The van der Waals surface area contributed by atoms with Crippen LogP contribution in [0.3, 0.4) is 0 Å². The van der Waals surface area contributed by atoms with Crippen LogP contribution in [-0.4, -0.2) is 43.8 Å². The SMILES string of the molecule is Cc1cccc(NC(=O)C2CCCN(Cc3nc(N)nc(Nc4ccc(F)cc4)n3)C2)n1. The van der Waals surface area contributed by atoms with Crippen LogP contribution >= 0.6 is 0 Å². The Bertz CT molecular complexity index is 1090. The molecule has 1 fully saturated rings. The number of piperidine rings is 1. The summed E-state index contributed by atoms with van der Waals surface area (Å²) in [7, 11) is 0. The molecule has 1 aliphatic heterocycles. The van der Waals surface area contributed by atoms with Gasteiger partial charge < -0.3 is 16.4 Å². The average Bonchev–Trinajstić information content (AvgIpc) is 2.75. The van der Waals surface area contributed by atoms with E-state index in [1.54, 1.807) is 18.2 Å². The molecule has 166 valence electrons. The number of hydrogen-bond donors (Lipinski definition) is 3. The summed E-state index contributed by atoms with van der Waals surface area (Å²) in [5.41, 5.74) is 7.36. The Morgan fingerprint density at radius 3 is 2.75 bits per heavy atom. The van der Waals surface area contributed by atoms with Crippen molar-refractivity contribution in [1.82, 2.24) is 24.8 Å². The molecule has 1 unspecified atom stereocenters. The van der Waals surface area contributed by atoms with Gasteiger partial charge in [0.05, 0.1) is 12.5 Å². The second kappa shape index (κ2) is 9.65. The summed E-state index contributed by atoms with van der Waals surface area (Å²) >= 11 is 0. The number of halogens is 1. The highest BCUT2D eigenvalue weighted by Crippen LogP contribution is 2.21. The van der Waals surface area contributed by atoms with Gasteiger partial charge in [-0.25, -0.2) is 9.37 Å². The number of carbonyl (C=O) groups excluding carboxylic acids is 1. The predicted molar refractivity (Wildman–Crippen MR) is 120 cm³/mol. The van der Waals surface area contributed by atoms with Crippen LogP contribution in [0.1, 0.15) is 24.4 Å². The fraction of sp³-hybridized carbons (Fsp3) is 0.318. The van der Waals surface area contributed by atoms with Crippen molar-refractivity contribution in [2.24, 2.45) is 5.92 Å². The van der Waals surface area contributed by atoms with Gasteiger partial charge in [0.1, 0.15) is 17.5 Å². The third kappa shape index (κ3) is 5.73. The number of amides is 1. The van der Waals surface area contributed by atoms with E-state index in [2.05, 4.69) is 35.5 Å².